The highest BCUT2D eigenvalue weighted by molar-refractivity contribution is 5.82. The Kier molecular flexibility index (Phi) is 5.22. The fraction of sp³-hybridized carbons (Fsp3) is 0.286. The van der Waals surface area contributed by atoms with Crippen LogP contribution in [0.15, 0.2) is 17.1 Å². The van der Waals surface area contributed by atoms with Crippen molar-refractivity contribution in [2.45, 2.75) is 6.17 Å². The molecule has 0 aromatic heterocycles. The predicted molar refractivity (Wildman–Crippen MR) is 45.9 cm³/mol. The topological polar surface area (TPSA) is 55.0 Å². The molecule has 0 aromatic carbocycles. The molecule has 0 aliphatic heterocycles. The van der Waals surface area contributed by atoms with E-state index in [1.165, 1.54) is 6.08 Å². The molecule has 0 aliphatic rings. The zero-order chi connectivity index (χ0) is 9.40. The molecular formula is C7H10N3O2+. The van der Waals surface area contributed by atoms with Crippen molar-refractivity contribution in [2.75, 3.05) is 7.05 Å². The van der Waals surface area contributed by atoms with Crippen molar-refractivity contribution in [3.8, 4) is 6.57 Å². The summed E-state index contributed by atoms with van der Waals surface area (Å²) in [5, 5.41) is 5.46. The van der Waals surface area contributed by atoms with Crippen molar-refractivity contribution in [1.29, 1.82) is 0 Å². The van der Waals surface area contributed by atoms with Crippen LogP contribution in [0.1, 0.15) is 0 Å². The Morgan fingerprint density at radius 2 is 2.58 bits per heavy atom. The summed E-state index contributed by atoms with van der Waals surface area (Å²) in [5.41, 5.74) is 0. The van der Waals surface area contributed by atoms with Crippen LogP contribution in [0.2, 0.25) is 0 Å². The van der Waals surface area contributed by atoms with Crippen molar-refractivity contribution < 1.29 is 9.63 Å². The highest BCUT2D eigenvalue weighted by Crippen LogP contribution is 1.88. The van der Waals surface area contributed by atoms with Crippen LogP contribution in [-0.2, 0) is 9.63 Å². The maximum atomic E-state index is 10.6. The standard InChI is InChI=1S/C7H10N3O2/c1-8-6(9-2)4-5-7(11)12-10-3/h3-6,9H,1H2,2H3/q+1/b5-4+. The van der Waals surface area contributed by atoms with Crippen molar-refractivity contribution in [2.24, 2.45) is 4.99 Å². The Balaban J connectivity index is 3.96. The summed E-state index contributed by atoms with van der Waals surface area (Å²) in [6, 6.07) is 0. The lowest BCUT2D eigenvalue weighted by Crippen LogP contribution is -2.19. The lowest BCUT2D eigenvalue weighted by molar-refractivity contribution is -0.132. The molecule has 0 bridgehead atoms. The van der Waals surface area contributed by atoms with Gasteiger partial charge in [-0.15, -0.1) is 0 Å². The first kappa shape index (κ1) is 10.3. The van der Waals surface area contributed by atoms with Gasteiger partial charge < -0.3 is 0 Å². The summed E-state index contributed by atoms with van der Waals surface area (Å²) in [6.07, 6.45) is 2.32. The minimum Gasteiger partial charge on any atom is -0.296 e. The largest absolute Gasteiger partial charge is 0.422 e. The molecule has 64 valence electrons. The first-order valence-electron chi connectivity index (χ1n) is 3.17. The molecule has 0 radical (unpaired) electrons. The van der Waals surface area contributed by atoms with E-state index in [9.17, 15) is 4.79 Å². The lowest BCUT2D eigenvalue weighted by atomic mass is 10.4. The van der Waals surface area contributed by atoms with Crippen molar-refractivity contribution in [3.05, 3.63) is 17.2 Å². The minimum atomic E-state index is -0.651. The van der Waals surface area contributed by atoms with Gasteiger partial charge in [0.25, 0.3) is 0 Å². The summed E-state index contributed by atoms with van der Waals surface area (Å²) < 4.78 is 0. The van der Waals surface area contributed by atoms with Gasteiger partial charge in [-0.1, -0.05) is 4.84 Å². The third kappa shape index (κ3) is 4.19. The van der Waals surface area contributed by atoms with E-state index in [1.807, 2.05) is 0 Å². The van der Waals surface area contributed by atoms with Crippen LogP contribution in [0.5, 0.6) is 0 Å². The quantitative estimate of drug-likeness (QED) is 0.371. The van der Waals surface area contributed by atoms with Crippen LogP contribution in [-0.4, -0.2) is 25.9 Å². The fourth-order valence-corrected chi connectivity index (χ4v) is 0.500. The summed E-state index contributed by atoms with van der Waals surface area (Å²) >= 11 is 0. The van der Waals surface area contributed by atoms with Crippen LogP contribution in [0.25, 0.3) is 5.01 Å². The third-order valence-electron chi connectivity index (χ3n) is 1.05. The number of rotatable bonds is 4. The Labute approximate surface area is 70.5 Å². The van der Waals surface area contributed by atoms with E-state index < -0.39 is 5.97 Å². The van der Waals surface area contributed by atoms with Crippen LogP contribution in [0.4, 0.5) is 0 Å². The Morgan fingerprint density at radius 1 is 1.92 bits per heavy atom. The average molecular weight is 168 g/mol. The minimum absolute atomic E-state index is 0.310. The van der Waals surface area contributed by atoms with E-state index in [-0.39, 0.29) is 6.17 Å². The van der Waals surface area contributed by atoms with Gasteiger partial charge in [0, 0.05) is 6.08 Å². The van der Waals surface area contributed by atoms with Crippen LogP contribution < -0.4 is 5.32 Å². The van der Waals surface area contributed by atoms with Gasteiger partial charge in [-0.05, 0) is 19.8 Å². The molecule has 0 fully saturated rings. The zero-order valence-electron chi connectivity index (χ0n) is 6.73. The van der Waals surface area contributed by atoms with Crippen LogP contribution in [0.3, 0.4) is 0 Å². The first-order chi connectivity index (χ1) is 5.74. The molecule has 0 amide bonds. The number of nitrogens with zero attached hydrogens (tertiary/aromatic N) is 2. The van der Waals surface area contributed by atoms with E-state index in [0.717, 1.165) is 6.08 Å². The van der Waals surface area contributed by atoms with Gasteiger partial charge in [-0.3, -0.25) is 10.3 Å². The molecule has 0 rings (SSSR count). The second-order valence-electron chi connectivity index (χ2n) is 1.79. The highest BCUT2D eigenvalue weighted by Gasteiger charge is 2.03. The smallest absolute Gasteiger partial charge is 0.296 e. The Hall–Kier alpha value is -1.67. The predicted octanol–water partition coefficient (Wildman–Crippen LogP) is 0.210. The molecular weight excluding hydrogens is 158 g/mol. The Morgan fingerprint density at radius 3 is 3.00 bits per heavy atom. The number of likely N-dealkylation sites (N-methyl/N-ethyl adjacent to an activating group) is 1. The van der Waals surface area contributed by atoms with Gasteiger partial charge in [0.2, 0.25) is 5.01 Å². The number of aliphatic imine (C=N–C) groups is 1. The molecule has 1 atom stereocenters. The van der Waals surface area contributed by atoms with Gasteiger partial charge in [0.1, 0.15) is 6.17 Å². The highest BCUT2D eigenvalue weighted by atomic mass is 16.7. The second kappa shape index (κ2) is 6.07. The number of carbonyl (C=O) groups is 1. The van der Waals surface area contributed by atoms with Gasteiger partial charge in [-0.25, -0.2) is 4.79 Å². The third-order valence-corrected chi connectivity index (χ3v) is 1.05. The van der Waals surface area contributed by atoms with E-state index in [1.54, 1.807) is 7.05 Å². The van der Waals surface area contributed by atoms with Crippen molar-refractivity contribution in [1.82, 2.24) is 5.32 Å². The first-order valence-corrected chi connectivity index (χ1v) is 3.17. The van der Waals surface area contributed by atoms with E-state index in [2.05, 4.69) is 33.4 Å². The van der Waals surface area contributed by atoms with Gasteiger partial charge in [0.05, 0.1) is 0 Å². The van der Waals surface area contributed by atoms with E-state index >= 15 is 0 Å². The number of hydrogen-bond donors (Lipinski definition) is 1. The molecule has 1 N–H and O–H groups in total. The second-order valence-corrected chi connectivity index (χ2v) is 1.79. The fourth-order valence-electron chi connectivity index (χ4n) is 0.500. The van der Waals surface area contributed by atoms with Crippen molar-refractivity contribution >= 4 is 12.7 Å². The van der Waals surface area contributed by atoms with Crippen molar-refractivity contribution in [3.63, 3.8) is 0 Å². The van der Waals surface area contributed by atoms with E-state index in [0.29, 0.717) is 0 Å². The summed E-state index contributed by atoms with van der Waals surface area (Å²) in [4.78, 5) is 18.3. The van der Waals surface area contributed by atoms with Crippen LogP contribution in [0, 0.1) is 6.57 Å². The number of carbonyl (C=O) groups excluding carboxylic acids is 1. The van der Waals surface area contributed by atoms with Gasteiger partial charge in [-0.2, -0.15) is 0 Å². The maximum Gasteiger partial charge on any atom is 0.422 e. The molecule has 12 heavy (non-hydrogen) atoms. The Bertz CT molecular complexity index is 229. The monoisotopic (exact) mass is 168 g/mol. The molecule has 0 spiro atoms. The molecule has 1 unspecified atom stereocenters. The molecule has 0 aromatic rings. The number of hydrogen-bond acceptors (Lipinski definition) is 4. The maximum absolute atomic E-state index is 10.6. The number of nitrogens with one attached hydrogen (secondary N) is 1. The summed E-state index contributed by atoms with van der Waals surface area (Å²) in [7, 11) is 1.68. The molecule has 0 saturated heterocycles. The summed E-state index contributed by atoms with van der Waals surface area (Å²) in [5.74, 6) is -0.651. The van der Waals surface area contributed by atoms with Crippen LogP contribution >= 0.6 is 0 Å². The SMILES string of the molecule is C#[N+]OC(=O)/C=C/C(N=C)NC. The summed E-state index contributed by atoms with van der Waals surface area (Å²) in [6.45, 7) is 7.89. The van der Waals surface area contributed by atoms with Gasteiger partial charge in [0.15, 0.2) is 0 Å². The van der Waals surface area contributed by atoms with Gasteiger partial charge >= 0.3 is 12.5 Å². The zero-order valence-corrected chi connectivity index (χ0v) is 6.73. The molecule has 5 nitrogen and oxygen atoms in total. The average Bonchev–Trinajstić information content (AvgIpc) is 2.07. The molecule has 0 saturated carbocycles. The lowest BCUT2D eigenvalue weighted by Gasteiger charge is -2.01. The molecule has 0 aliphatic carbocycles. The molecule has 5 heteroatoms. The van der Waals surface area contributed by atoms with E-state index in [4.69, 9.17) is 0 Å². The molecule has 0 heterocycles. The normalized spacial score (nSPS) is 12.0.